The van der Waals surface area contributed by atoms with Crippen molar-refractivity contribution in [2.45, 2.75) is 6.61 Å². The minimum Gasteiger partial charge on any atom is -0.483 e. The van der Waals surface area contributed by atoms with Crippen LogP contribution in [0.2, 0.25) is 5.02 Å². The molecule has 0 bridgehead atoms. The summed E-state index contributed by atoms with van der Waals surface area (Å²) in [5.74, 6) is 1.07. The molecule has 5 nitrogen and oxygen atoms in total. The first kappa shape index (κ1) is 17.9. The van der Waals surface area contributed by atoms with Gasteiger partial charge < -0.3 is 15.6 Å². The van der Waals surface area contributed by atoms with Gasteiger partial charge in [0.1, 0.15) is 19.4 Å². The molecule has 0 aliphatic carbocycles. The van der Waals surface area contributed by atoms with Gasteiger partial charge in [0, 0.05) is 15.6 Å². The summed E-state index contributed by atoms with van der Waals surface area (Å²) in [5, 5.41) is 10.2. The summed E-state index contributed by atoms with van der Waals surface area (Å²) in [6.45, 7) is 0.731. The van der Waals surface area contributed by atoms with Gasteiger partial charge in [-0.2, -0.15) is 9.48 Å². The Balaban J connectivity index is 1.94. The van der Waals surface area contributed by atoms with Crippen molar-refractivity contribution in [2.75, 3.05) is 13.2 Å². The molecule has 0 spiro atoms. The molecule has 1 aliphatic heterocycles. The fourth-order valence-electron chi connectivity index (χ4n) is 2.74. The predicted molar refractivity (Wildman–Crippen MR) is 104 cm³/mol. The molecule has 0 aromatic heterocycles. The number of hydrogen-bond donors (Lipinski definition) is 2. The summed E-state index contributed by atoms with van der Waals surface area (Å²) in [4.78, 5) is 4.17. The summed E-state index contributed by atoms with van der Waals surface area (Å²) < 4.78 is 7.07. The molecule has 0 fully saturated rings. The molecule has 0 amide bonds. The lowest BCUT2D eigenvalue weighted by Crippen LogP contribution is -2.53. The fourth-order valence-corrected chi connectivity index (χ4v) is 3.21. The van der Waals surface area contributed by atoms with E-state index in [9.17, 15) is 5.11 Å². The van der Waals surface area contributed by atoms with Crippen molar-refractivity contribution in [3.8, 4) is 5.75 Å². The highest BCUT2D eigenvalue weighted by Gasteiger charge is 2.39. The second-order valence-corrected chi connectivity index (χ2v) is 6.98. The first-order valence-corrected chi connectivity index (χ1v) is 8.90. The molecule has 0 saturated carbocycles. The van der Waals surface area contributed by atoms with Gasteiger partial charge in [-0.05, 0) is 29.8 Å². The van der Waals surface area contributed by atoms with Gasteiger partial charge in [0.2, 0.25) is 0 Å². The van der Waals surface area contributed by atoms with Crippen molar-refractivity contribution in [1.29, 1.82) is 0 Å². The van der Waals surface area contributed by atoms with Gasteiger partial charge in [-0.15, -0.1) is 0 Å². The third-order valence-electron chi connectivity index (χ3n) is 4.05. The van der Waals surface area contributed by atoms with Crippen LogP contribution in [0, 0.1) is 0 Å². The highest BCUT2D eigenvalue weighted by molar-refractivity contribution is 9.10. The Morgan fingerprint density at radius 2 is 1.96 bits per heavy atom. The largest absolute Gasteiger partial charge is 0.483 e. The zero-order valence-electron chi connectivity index (χ0n) is 13.4. The van der Waals surface area contributed by atoms with Crippen LogP contribution in [0.5, 0.6) is 5.75 Å². The number of nitrogens with zero attached hydrogens (tertiary/aromatic N) is 2. The number of nitrogens with two attached hydrogens (primary N) is 1. The van der Waals surface area contributed by atoms with Crippen LogP contribution in [0.3, 0.4) is 0 Å². The topological polar surface area (TPSA) is 67.8 Å². The predicted octanol–water partition coefficient (Wildman–Crippen LogP) is 3.78. The summed E-state index contributed by atoms with van der Waals surface area (Å²) in [5.41, 5.74) is 7.96. The van der Waals surface area contributed by atoms with E-state index in [2.05, 4.69) is 20.9 Å². The number of quaternary nitrogens is 1. The third-order valence-corrected chi connectivity index (χ3v) is 4.79. The second kappa shape index (κ2) is 7.58. The highest BCUT2D eigenvalue weighted by Crippen LogP contribution is 2.38. The minimum absolute atomic E-state index is 0.0380. The Kier molecular flexibility index (Phi) is 5.44. The number of aliphatic imine (C=N–C) groups is 1. The average Bonchev–Trinajstić information content (AvgIpc) is 2.97. The van der Waals surface area contributed by atoms with Crippen molar-refractivity contribution >= 4 is 39.2 Å². The van der Waals surface area contributed by atoms with Gasteiger partial charge in [0.05, 0.1) is 12.8 Å². The van der Waals surface area contributed by atoms with E-state index in [1.165, 1.54) is 0 Å². The summed E-state index contributed by atoms with van der Waals surface area (Å²) in [7, 11) is 0. The number of guanidine groups is 1. The standard InChI is InChI=1S/C18H18BrClN3O2/c19-14-3-6-17(25-12-13-1-4-15(20)5-2-13)16(11-14)23(9-10-24)8-7-22-18(23)21/h1-8,11,24H,9-10,12H2,(H2,21,22)/q+1. The molecule has 2 aromatic rings. The first-order valence-electron chi connectivity index (χ1n) is 7.73. The summed E-state index contributed by atoms with van der Waals surface area (Å²) in [6, 6.07) is 13.2. The molecule has 1 atom stereocenters. The maximum absolute atomic E-state index is 9.54. The van der Waals surface area contributed by atoms with E-state index in [-0.39, 0.29) is 11.1 Å². The normalized spacial score (nSPS) is 19.1. The van der Waals surface area contributed by atoms with Crippen molar-refractivity contribution in [2.24, 2.45) is 10.7 Å². The lowest BCUT2D eigenvalue weighted by Gasteiger charge is -2.30. The molecule has 25 heavy (non-hydrogen) atoms. The van der Waals surface area contributed by atoms with Crippen LogP contribution < -0.4 is 15.0 Å². The highest BCUT2D eigenvalue weighted by atomic mass is 79.9. The van der Waals surface area contributed by atoms with Crippen LogP contribution in [0.25, 0.3) is 0 Å². The van der Waals surface area contributed by atoms with E-state index in [0.29, 0.717) is 29.9 Å². The molecule has 7 heteroatoms. The van der Waals surface area contributed by atoms with Gasteiger partial charge in [0.25, 0.3) is 0 Å². The molecule has 130 valence electrons. The number of aliphatic hydroxyl groups excluding tert-OH is 1. The average molecular weight is 424 g/mol. The molecule has 0 saturated heterocycles. The van der Waals surface area contributed by atoms with Gasteiger partial charge in [0.15, 0.2) is 11.4 Å². The lowest BCUT2D eigenvalue weighted by molar-refractivity contribution is 0.264. The molecule has 1 heterocycles. The number of ether oxygens (including phenoxy) is 1. The second-order valence-electron chi connectivity index (χ2n) is 5.63. The molecular weight excluding hydrogens is 406 g/mol. The van der Waals surface area contributed by atoms with E-state index in [1.807, 2.05) is 48.7 Å². The van der Waals surface area contributed by atoms with Crippen molar-refractivity contribution in [3.05, 3.63) is 69.9 Å². The Hall–Kier alpha value is -1.86. The van der Waals surface area contributed by atoms with Crippen LogP contribution in [0.4, 0.5) is 5.69 Å². The summed E-state index contributed by atoms with van der Waals surface area (Å²) in [6.07, 6.45) is 3.50. The van der Waals surface area contributed by atoms with E-state index < -0.39 is 0 Å². The molecular formula is C18H18BrClN3O2+. The van der Waals surface area contributed by atoms with Crippen molar-refractivity contribution in [3.63, 3.8) is 0 Å². The zero-order valence-corrected chi connectivity index (χ0v) is 15.7. The SMILES string of the molecule is NC1=NC=C[N+]1(CCO)c1cc(Br)ccc1OCc1ccc(Cl)cc1. The van der Waals surface area contributed by atoms with Crippen LogP contribution in [0.15, 0.2) is 64.3 Å². The van der Waals surface area contributed by atoms with Crippen LogP contribution >= 0.6 is 27.5 Å². The van der Waals surface area contributed by atoms with Gasteiger partial charge in [-0.25, -0.2) is 0 Å². The van der Waals surface area contributed by atoms with E-state index in [1.54, 1.807) is 6.20 Å². The Morgan fingerprint density at radius 1 is 1.20 bits per heavy atom. The summed E-state index contributed by atoms with van der Waals surface area (Å²) >= 11 is 9.41. The van der Waals surface area contributed by atoms with Gasteiger partial charge >= 0.3 is 5.96 Å². The fraction of sp³-hybridized carbons (Fsp3) is 0.167. The third kappa shape index (κ3) is 3.72. The number of halogens is 2. The number of aliphatic hydroxyl groups is 1. The lowest BCUT2D eigenvalue weighted by atomic mass is 10.2. The number of hydrogen-bond acceptors (Lipinski definition) is 4. The van der Waals surface area contributed by atoms with Crippen LogP contribution in [-0.2, 0) is 6.61 Å². The molecule has 3 rings (SSSR count). The van der Waals surface area contributed by atoms with E-state index in [4.69, 9.17) is 22.1 Å². The maximum Gasteiger partial charge on any atom is 0.309 e. The molecule has 0 radical (unpaired) electrons. The van der Waals surface area contributed by atoms with Gasteiger partial charge in [-0.1, -0.05) is 39.7 Å². The first-order chi connectivity index (χ1) is 12.0. The Morgan fingerprint density at radius 3 is 2.60 bits per heavy atom. The van der Waals surface area contributed by atoms with E-state index >= 15 is 0 Å². The minimum atomic E-state index is -0.0380. The number of benzene rings is 2. The quantitative estimate of drug-likeness (QED) is 0.695. The number of rotatable bonds is 6. The monoisotopic (exact) mass is 422 g/mol. The molecule has 1 aliphatic rings. The Labute approximate surface area is 159 Å². The van der Waals surface area contributed by atoms with Crippen molar-refractivity contribution in [1.82, 2.24) is 4.48 Å². The van der Waals surface area contributed by atoms with Crippen LogP contribution in [-0.4, -0.2) is 24.2 Å². The van der Waals surface area contributed by atoms with E-state index in [0.717, 1.165) is 15.7 Å². The maximum atomic E-state index is 9.54. The van der Waals surface area contributed by atoms with Gasteiger partial charge in [-0.3, -0.25) is 0 Å². The smallest absolute Gasteiger partial charge is 0.309 e. The molecule has 2 aromatic carbocycles. The zero-order chi connectivity index (χ0) is 17.9. The molecule has 1 unspecified atom stereocenters. The van der Waals surface area contributed by atoms with Crippen LogP contribution in [0.1, 0.15) is 5.56 Å². The Bertz CT molecular complexity index is 824. The van der Waals surface area contributed by atoms with Crippen molar-refractivity contribution < 1.29 is 9.84 Å². The molecule has 3 N–H and O–H groups in total.